The molecule has 2 heterocycles. The van der Waals surface area contributed by atoms with Gasteiger partial charge < -0.3 is 19.5 Å². The number of benzene rings is 2. The Kier molecular flexibility index (Phi) is 5.92. The molecule has 0 bridgehead atoms. The second-order valence-electron chi connectivity index (χ2n) is 7.35. The maximum absolute atomic E-state index is 12.8. The summed E-state index contributed by atoms with van der Waals surface area (Å²) in [5.74, 6) is 0.0550. The fraction of sp³-hybridized carbons (Fsp3) is 0.227. The topological polar surface area (TPSA) is 91.9 Å². The highest BCUT2D eigenvalue weighted by Crippen LogP contribution is 2.35. The molecule has 4 rings (SSSR count). The largest absolute Gasteiger partial charge is 0.451 e. The van der Waals surface area contributed by atoms with Crippen LogP contribution in [-0.4, -0.2) is 49.0 Å². The van der Waals surface area contributed by atoms with Crippen molar-refractivity contribution in [2.24, 2.45) is 0 Å². The highest BCUT2D eigenvalue weighted by Gasteiger charge is 2.22. The molecule has 0 aliphatic carbocycles. The molecule has 9 heteroatoms. The third-order valence-corrected chi connectivity index (χ3v) is 5.53. The van der Waals surface area contributed by atoms with Crippen LogP contribution >= 0.6 is 11.6 Å². The van der Waals surface area contributed by atoms with Crippen LogP contribution in [0.4, 0.5) is 17.1 Å². The molecule has 2 aromatic carbocycles. The van der Waals surface area contributed by atoms with Gasteiger partial charge in [-0.25, -0.2) is 0 Å². The van der Waals surface area contributed by atoms with E-state index in [1.54, 1.807) is 36.4 Å². The summed E-state index contributed by atoms with van der Waals surface area (Å²) < 4.78 is 5.68. The number of para-hydroxylation sites is 1. The first-order valence-corrected chi connectivity index (χ1v) is 10.2. The molecule has 1 amide bonds. The number of hydrogen-bond donors (Lipinski definition) is 1. The lowest BCUT2D eigenvalue weighted by atomic mass is 10.1. The number of amides is 1. The van der Waals surface area contributed by atoms with Crippen molar-refractivity contribution in [3.8, 4) is 11.3 Å². The minimum absolute atomic E-state index is 0.0457. The Hall–Kier alpha value is -3.36. The summed E-state index contributed by atoms with van der Waals surface area (Å²) >= 11 is 6.47. The summed E-state index contributed by atoms with van der Waals surface area (Å²) in [4.78, 5) is 27.8. The Balaban J connectivity index is 1.55. The number of non-ortho nitro benzene ring substituents is 1. The minimum Gasteiger partial charge on any atom is -0.451 e. The molecule has 0 radical (unpaired) electrons. The zero-order valence-corrected chi connectivity index (χ0v) is 17.6. The molecule has 3 aromatic rings. The first kappa shape index (κ1) is 20.9. The lowest BCUT2D eigenvalue weighted by molar-refractivity contribution is -0.384. The first-order valence-electron chi connectivity index (χ1n) is 9.80. The summed E-state index contributed by atoms with van der Waals surface area (Å²) in [6.45, 7) is 3.42. The molecule has 8 nitrogen and oxygen atoms in total. The van der Waals surface area contributed by atoms with Gasteiger partial charge in [0.15, 0.2) is 5.76 Å². The Labute approximate surface area is 184 Å². The normalized spacial score (nSPS) is 14.5. The number of nitro benzene ring substituents is 1. The average molecular weight is 441 g/mol. The van der Waals surface area contributed by atoms with Gasteiger partial charge in [-0.15, -0.1) is 0 Å². The molecule has 0 spiro atoms. The second kappa shape index (κ2) is 8.79. The van der Waals surface area contributed by atoms with Gasteiger partial charge in [-0.2, -0.15) is 0 Å². The number of carbonyl (C=O) groups is 1. The molecule has 0 unspecified atom stereocenters. The molecule has 1 fully saturated rings. The number of hydrogen-bond acceptors (Lipinski definition) is 6. The number of nitrogens with zero attached hydrogens (tertiary/aromatic N) is 3. The number of nitrogens with one attached hydrogen (secondary N) is 1. The Morgan fingerprint density at radius 2 is 1.84 bits per heavy atom. The zero-order chi connectivity index (χ0) is 22.0. The maximum Gasteiger partial charge on any atom is 0.291 e. The minimum atomic E-state index is -0.473. The molecule has 0 atom stereocenters. The molecular weight excluding hydrogens is 420 g/mol. The summed E-state index contributed by atoms with van der Waals surface area (Å²) in [5.41, 5.74) is 1.87. The maximum atomic E-state index is 12.8. The summed E-state index contributed by atoms with van der Waals surface area (Å²) in [5, 5.41) is 14.5. The van der Waals surface area contributed by atoms with Crippen molar-refractivity contribution in [2.75, 3.05) is 43.4 Å². The predicted octanol–water partition coefficient (Wildman–Crippen LogP) is 4.51. The molecule has 31 heavy (non-hydrogen) atoms. The fourth-order valence-corrected chi connectivity index (χ4v) is 3.83. The monoisotopic (exact) mass is 440 g/mol. The Morgan fingerprint density at radius 3 is 2.58 bits per heavy atom. The van der Waals surface area contributed by atoms with Gasteiger partial charge in [-0.1, -0.05) is 29.8 Å². The number of piperazine rings is 1. The standard InChI is InChI=1S/C22H21ClN4O4/c1-25-10-12-26(13-11-25)21-17(23)6-3-7-18(21)24-22(28)20-9-8-19(31-20)15-4-2-5-16(14-15)27(29)30/h2-9,14H,10-13H2,1H3,(H,24,28). The van der Waals surface area contributed by atoms with Crippen molar-refractivity contribution in [1.29, 1.82) is 0 Å². The first-order chi connectivity index (χ1) is 14.9. The number of anilines is 2. The van der Waals surface area contributed by atoms with E-state index in [4.69, 9.17) is 16.0 Å². The molecule has 1 saturated heterocycles. The summed E-state index contributed by atoms with van der Waals surface area (Å²) in [7, 11) is 2.07. The van der Waals surface area contributed by atoms with Crippen molar-refractivity contribution in [2.45, 2.75) is 0 Å². The second-order valence-corrected chi connectivity index (χ2v) is 7.76. The highest BCUT2D eigenvalue weighted by molar-refractivity contribution is 6.34. The zero-order valence-electron chi connectivity index (χ0n) is 16.9. The quantitative estimate of drug-likeness (QED) is 0.463. The van der Waals surface area contributed by atoms with Gasteiger partial charge in [0.2, 0.25) is 0 Å². The Morgan fingerprint density at radius 1 is 1.10 bits per heavy atom. The summed E-state index contributed by atoms with van der Waals surface area (Å²) in [6.07, 6.45) is 0. The predicted molar refractivity (Wildman–Crippen MR) is 120 cm³/mol. The van der Waals surface area contributed by atoms with E-state index in [9.17, 15) is 14.9 Å². The van der Waals surface area contributed by atoms with Crippen molar-refractivity contribution in [3.05, 3.63) is 75.5 Å². The van der Waals surface area contributed by atoms with Gasteiger partial charge in [0.25, 0.3) is 11.6 Å². The van der Waals surface area contributed by atoms with E-state index in [0.29, 0.717) is 22.0 Å². The van der Waals surface area contributed by atoms with Crippen LogP contribution in [0.5, 0.6) is 0 Å². The number of furan rings is 1. The lowest BCUT2D eigenvalue weighted by Crippen LogP contribution is -2.44. The van der Waals surface area contributed by atoms with Gasteiger partial charge in [-0.05, 0) is 31.3 Å². The highest BCUT2D eigenvalue weighted by atomic mass is 35.5. The van der Waals surface area contributed by atoms with Crippen LogP contribution in [-0.2, 0) is 0 Å². The average Bonchev–Trinajstić information content (AvgIpc) is 3.25. The SMILES string of the molecule is CN1CCN(c2c(Cl)cccc2NC(=O)c2ccc(-c3cccc([N+](=O)[O-])c3)o2)CC1. The third-order valence-electron chi connectivity index (χ3n) is 5.23. The van der Waals surface area contributed by atoms with Crippen LogP contribution < -0.4 is 10.2 Å². The van der Waals surface area contributed by atoms with Gasteiger partial charge in [0.1, 0.15) is 5.76 Å². The van der Waals surface area contributed by atoms with E-state index in [2.05, 4.69) is 22.2 Å². The number of likely N-dealkylation sites (N-methyl/N-ethyl adjacent to an activating group) is 1. The number of carbonyl (C=O) groups excluding carboxylic acids is 1. The smallest absolute Gasteiger partial charge is 0.291 e. The number of nitro groups is 1. The molecule has 1 aliphatic heterocycles. The number of halogens is 1. The van der Waals surface area contributed by atoms with Crippen LogP contribution in [0, 0.1) is 10.1 Å². The van der Waals surface area contributed by atoms with E-state index < -0.39 is 10.8 Å². The van der Waals surface area contributed by atoms with Crippen LogP contribution in [0.15, 0.2) is 59.0 Å². The van der Waals surface area contributed by atoms with Crippen molar-refractivity contribution < 1.29 is 14.1 Å². The molecule has 0 saturated carbocycles. The van der Waals surface area contributed by atoms with Gasteiger partial charge in [0, 0.05) is 43.9 Å². The van der Waals surface area contributed by atoms with Crippen LogP contribution in [0.2, 0.25) is 5.02 Å². The summed E-state index contributed by atoms with van der Waals surface area (Å²) in [6, 6.07) is 14.6. The van der Waals surface area contributed by atoms with Crippen LogP contribution in [0.25, 0.3) is 11.3 Å². The van der Waals surface area contributed by atoms with Crippen molar-refractivity contribution in [3.63, 3.8) is 0 Å². The van der Waals surface area contributed by atoms with Gasteiger partial charge >= 0.3 is 0 Å². The van der Waals surface area contributed by atoms with Crippen molar-refractivity contribution in [1.82, 2.24) is 4.90 Å². The molecule has 1 aromatic heterocycles. The third kappa shape index (κ3) is 4.55. The lowest BCUT2D eigenvalue weighted by Gasteiger charge is -2.35. The Bertz CT molecular complexity index is 1120. The van der Waals surface area contributed by atoms with Crippen LogP contribution in [0.1, 0.15) is 10.6 Å². The number of rotatable bonds is 5. The van der Waals surface area contributed by atoms with E-state index in [1.165, 1.54) is 12.1 Å². The van der Waals surface area contributed by atoms with E-state index in [1.807, 2.05) is 6.07 Å². The molecule has 160 valence electrons. The van der Waals surface area contributed by atoms with Gasteiger partial charge in [0.05, 0.1) is 21.3 Å². The van der Waals surface area contributed by atoms with E-state index in [0.717, 1.165) is 31.9 Å². The molecular formula is C22H21ClN4O4. The van der Waals surface area contributed by atoms with E-state index in [-0.39, 0.29) is 11.4 Å². The molecule has 1 aliphatic rings. The molecule has 1 N–H and O–H groups in total. The fourth-order valence-electron chi connectivity index (χ4n) is 3.54. The van der Waals surface area contributed by atoms with E-state index >= 15 is 0 Å². The van der Waals surface area contributed by atoms with Crippen LogP contribution in [0.3, 0.4) is 0 Å². The van der Waals surface area contributed by atoms with Crippen molar-refractivity contribution >= 4 is 34.6 Å². The van der Waals surface area contributed by atoms with Gasteiger partial charge in [-0.3, -0.25) is 14.9 Å².